The molecule has 1 fully saturated rings. The molecule has 16 heavy (non-hydrogen) atoms. The Morgan fingerprint density at radius 1 is 1.44 bits per heavy atom. The third-order valence-electron chi connectivity index (χ3n) is 3.26. The van der Waals surface area contributed by atoms with Gasteiger partial charge >= 0.3 is 0 Å². The predicted molar refractivity (Wildman–Crippen MR) is 66.9 cm³/mol. The van der Waals surface area contributed by atoms with Crippen molar-refractivity contribution in [3.8, 4) is 0 Å². The number of anilines is 1. The van der Waals surface area contributed by atoms with Crippen LogP contribution in [-0.2, 0) is 7.05 Å². The summed E-state index contributed by atoms with van der Waals surface area (Å²) in [5, 5.41) is 7.95. The molecule has 2 heterocycles. The average molecular weight is 222 g/mol. The highest BCUT2D eigenvalue weighted by Gasteiger charge is 2.15. The highest BCUT2D eigenvalue weighted by molar-refractivity contribution is 5.48. The third kappa shape index (κ3) is 2.55. The minimum Gasteiger partial charge on any atom is -0.369 e. The molecule has 0 bridgehead atoms. The minimum absolute atomic E-state index is 0.625. The Balaban J connectivity index is 2.09. The van der Waals surface area contributed by atoms with Crippen LogP contribution in [0.15, 0.2) is 6.20 Å². The maximum atomic E-state index is 4.42. The van der Waals surface area contributed by atoms with Crippen molar-refractivity contribution in [1.29, 1.82) is 0 Å². The lowest BCUT2D eigenvalue weighted by Crippen LogP contribution is -2.38. The summed E-state index contributed by atoms with van der Waals surface area (Å²) < 4.78 is 1.91. The minimum atomic E-state index is 0.625. The van der Waals surface area contributed by atoms with Crippen molar-refractivity contribution >= 4 is 5.69 Å². The van der Waals surface area contributed by atoms with E-state index in [0.29, 0.717) is 6.04 Å². The molecular formula is C12H22N4. The van der Waals surface area contributed by atoms with Gasteiger partial charge in [0.25, 0.3) is 0 Å². The molecule has 1 N–H and O–H groups in total. The molecule has 0 aliphatic carbocycles. The number of aromatic nitrogens is 2. The van der Waals surface area contributed by atoms with Crippen molar-refractivity contribution in [1.82, 2.24) is 15.1 Å². The first kappa shape index (κ1) is 11.5. The maximum absolute atomic E-state index is 4.42. The van der Waals surface area contributed by atoms with Crippen LogP contribution in [0.1, 0.15) is 25.5 Å². The molecule has 1 atom stereocenters. The van der Waals surface area contributed by atoms with Gasteiger partial charge in [0.05, 0.1) is 11.4 Å². The van der Waals surface area contributed by atoms with Crippen molar-refractivity contribution in [3.05, 3.63) is 11.9 Å². The van der Waals surface area contributed by atoms with Crippen LogP contribution in [0.2, 0.25) is 0 Å². The van der Waals surface area contributed by atoms with Crippen LogP contribution in [0.25, 0.3) is 0 Å². The molecule has 0 spiro atoms. The molecule has 4 nitrogen and oxygen atoms in total. The summed E-state index contributed by atoms with van der Waals surface area (Å²) in [4.78, 5) is 2.47. The van der Waals surface area contributed by atoms with E-state index in [9.17, 15) is 0 Å². The van der Waals surface area contributed by atoms with E-state index >= 15 is 0 Å². The fourth-order valence-electron chi connectivity index (χ4n) is 2.32. The summed E-state index contributed by atoms with van der Waals surface area (Å²) in [6.45, 7) is 7.74. The Bertz CT molecular complexity index is 345. The molecule has 1 aromatic heterocycles. The summed E-state index contributed by atoms with van der Waals surface area (Å²) in [6, 6.07) is 0.625. The topological polar surface area (TPSA) is 33.1 Å². The van der Waals surface area contributed by atoms with Crippen LogP contribution in [0, 0.1) is 6.92 Å². The molecule has 1 aliphatic rings. The van der Waals surface area contributed by atoms with E-state index in [-0.39, 0.29) is 0 Å². The van der Waals surface area contributed by atoms with E-state index in [1.165, 1.54) is 18.5 Å². The summed E-state index contributed by atoms with van der Waals surface area (Å²) in [5.41, 5.74) is 2.44. The molecule has 0 amide bonds. The maximum Gasteiger partial charge on any atom is 0.0827 e. The molecule has 0 radical (unpaired) electrons. The summed E-state index contributed by atoms with van der Waals surface area (Å²) >= 11 is 0. The second-order valence-corrected chi connectivity index (χ2v) is 4.76. The Morgan fingerprint density at radius 3 is 2.94 bits per heavy atom. The van der Waals surface area contributed by atoms with Gasteiger partial charge in [0.1, 0.15) is 0 Å². The molecule has 4 heteroatoms. The van der Waals surface area contributed by atoms with Gasteiger partial charge < -0.3 is 10.2 Å². The molecule has 0 aromatic carbocycles. The number of aryl methyl sites for hydroxylation is 2. The van der Waals surface area contributed by atoms with Gasteiger partial charge in [-0.15, -0.1) is 0 Å². The van der Waals surface area contributed by atoms with Crippen LogP contribution in [-0.4, -0.2) is 35.5 Å². The number of nitrogens with zero attached hydrogens (tertiary/aromatic N) is 3. The zero-order valence-electron chi connectivity index (χ0n) is 10.5. The van der Waals surface area contributed by atoms with Crippen LogP contribution in [0.5, 0.6) is 0 Å². The van der Waals surface area contributed by atoms with Crippen molar-refractivity contribution in [2.45, 2.75) is 32.7 Å². The second kappa shape index (κ2) is 4.87. The first-order valence-corrected chi connectivity index (χ1v) is 6.15. The molecule has 1 aromatic rings. The lowest BCUT2D eigenvalue weighted by Gasteiger charge is -2.29. The fourth-order valence-corrected chi connectivity index (χ4v) is 2.32. The number of nitrogens with one attached hydrogen (secondary N) is 1. The normalized spacial score (nSPS) is 22.9. The lowest BCUT2D eigenvalue weighted by molar-refractivity contribution is 0.475. The van der Waals surface area contributed by atoms with Gasteiger partial charge in [0, 0.05) is 32.4 Å². The Labute approximate surface area is 97.6 Å². The largest absolute Gasteiger partial charge is 0.369 e. The highest BCUT2D eigenvalue weighted by Crippen LogP contribution is 2.19. The predicted octanol–water partition coefficient (Wildman–Crippen LogP) is 1.31. The van der Waals surface area contributed by atoms with Crippen molar-refractivity contribution in [2.24, 2.45) is 7.05 Å². The second-order valence-electron chi connectivity index (χ2n) is 4.76. The van der Waals surface area contributed by atoms with E-state index < -0.39 is 0 Å². The average Bonchev–Trinajstić information content (AvgIpc) is 2.53. The lowest BCUT2D eigenvalue weighted by atomic mass is 10.1. The van der Waals surface area contributed by atoms with Crippen LogP contribution in [0.4, 0.5) is 5.69 Å². The Morgan fingerprint density at radius 2 is 2.25 bits per heavy atom. The van der Waals surface area contributed by atoms with Gasteiger partial charge in [0.15, 0.2) is 0 Å². The van der Waals surface area contributed by atoms with Crippen molar-refractivity contribution in [2.75, 3.05) is 24.5 Å². The van der Waals surface area contributed by atoms with Gasteiger partial charge in [0.2, 0.25) is 0 Å². The first-order chi connectivity index (χ1) is 7.66. The molecular weight excluding hydrogens is 200 g/mol. The quantitative estimate of drug-likeness (QED) is 0.777. The Kier molecular flexibility index (Phi) is 3.49. The molecule has 0 saturated carbocycles. The number of hydrogen-bond acceptors (Lipinski definition) is 3. The smallest absolute Gasteiger partial charge is 0.0827 e. The number of hydrogen-bond donors (Lipinski definition) is 1. The van der Waals surface area contributed by atoms with E-state index in [1.54, 1.807) is 0 Å². The van der Waals surface area contributed by atoms with Crippen molar-refractivity contribution < 1.29 is 0 Å². The number of rotatable bonds is 1. The van der Waals surface area contributed by atoms with Gasteiger partial charge in [-0.1, -0.05) is 0 Å². The van der Waals surface area contributed by atoms with Gasteiger partial charge in [-0.05, 0) is 33.2 Å². The van der Waals surface area contributed by atoms with E-state index in [0.717, 1.165) is 25.3 Å². The zero-order chi connectivity index (χ0) is 11.5. The molecule has 90 valence electrons. The van der Waals surface area contributed by atoms with E-state index in [4.69, 9.17) is 0 Å². The molecule has 2 rings (SSSR count). The zero-order valence-corrected chi connectivity index (χ0v) is 10.5. The van der Waals surface area contributed by atoms with E-state index in [2.05, 4.69) is 35.4 Å². The van der Waals surface area contributed by atoms with Crippen molar-refractivity contribution in [3.63, 3.8) is 0 Å². The first-order valence-electron chi connectivity index (χ1n) is 6.15. The molecule has 1 unspecified atom stereocenters. The third-order valence-corrected chi connectivity index (χ3v) is 3.26. The van der Waals surface area contributed by atoms with Gasteiger partial charge in [-0.2, -0.15) is 5.10 Å². The molecule has 1 saturated heterocycles. The summed E-state index contributed by atoms with van der Waals surface area (Å²) in [5.74, 6) is 0. The van der Waals surface area contributed by atoms with Gasteiger partial charge in [-0.3, -0.25) is 4.68 Å². The van der Waals surface area contributed by atoms with Crippen LogP contribution >= 0.6 is 0 Å². The Hall–Kier alpha value is -1.03. The van der Waals surface area contributed by atoms with Crippen LogP contribution in [0.3, 0.4) is 0 Å². The van der Waals surface area contributed by atoms with Crippen LogP contribution < -0.4 is 10.2 Å². The molecule has 1 aliphatic heterocycles. The summed E-state index contributed by atoms with van der Waals surface area (Å²) in [6.07, 6.45) is 4.54. The summed E-state index contributed by atoms with van der Waals surface area (Å²) in [7, 11) is 1.99. The fraction of sp³-hybridized carbons (Fsp3) is 0.750. The standard InChI is InChI=1S/C12H22N4/c1-10-5-8-16(7-4-6-13-10)12-9-15(3)14-11(12)2/h9-10,13H,4-8H2,1-3H3. The highest BCUT2D eigenvalue weighted by atomic mass is 15.3. The SMILES string of the molecule is Cc1nn(C)cc1N1CCCNC(C)CC1. The monoisotopic (exact) mass is 222 g/mol. The van der Waals surface area contributed by atoms with E-state index in [1.807, 2.05) is 11.7 Å². The van der Waals surface area contributed by atoms with Gasteiger partial charge in [-0.25, -0.2) is 0 Å².